The molecular formula is C18H26N2O2. The van der Waals surface area contributed by atoms with Gasteiger partial charge in [0.25, 0.3) is 0 Å². The molecular weight excluding hydrogens is 276 g/mol. The third kappa shape index (κ3) is 3.27. The molecule has 0 aromatic heterocycles. The van der Waals surface area contributed by atoms with Crippen molar-refractivity contribution in [3.63, 3.8) is 0 Å². The predicted molar refractivity (Wildman–Crippen MR) is 88.0 cm³/mol. The first kappa shape index (κ1) is 15.3. The SMILES string of the molecule is C[C@H]1CCc2ccccc2N1CCC(=O)N1CCC[C@H](O)C1. The monoisotopic (exact) mass is 302 g/mol. The van der Waals surface area contributed by atoms with E-state index in [2.05, 4.69) is 36.1 Å². The van der Waals surface area contributed by atoms with E-state index in [9.17, 15) is 9.90 Å². The lowest BCUT2D eigenvalue weighted by Gasteiger charge is -2.38. The molecule has 2 aliphatic heterocycles. The van der Waals surface area contributed by atoms with Crippen molar-refractivity contribution in [3.8, 4) is 0 Å². The summed E-state index contributed by atoms with van der Waals surface area (Å²) in [4.78, 5) is 16.6. The van der Waals surface area contributed by atoms with Crippen molar-refractivity contribution in [1.82, 2.24) is 4.90 Å². The Balaban J connectivity index is 1.62. The van der Waals surface area contributed by atoms with E-state index in [1.165, 1.54) is 11.3 Å². The molecule has 0 radical (unpaired) electrons. The quantitative estimate of drug-likeness (QED) is 0.931. The Morgan fingerprint density at radius 3 is 2.95 bits per heavy atom. The summed E-state index contributed by atoms with van der Waals surface area (Å²) in [5, 5.41) is 9.71. The van der Waals surface area contributed by atoms with E-state index >= 15 is 0 Å². The van der Waals surface area contributed by atoms with Gasteiger partial charge in [-0.1, -0.05) is 18.2 Å². The molecule has 2 heterocycles. The van der Waals surface area contributed by atoms with Crippen LogP contribution in [0.25, 0.3) is 0 Å². The van der Waals surface area contributed by atoms with Gasteiger partial charge < -0.3 is 14.9 Å². The Morgan fingerprint density at radius 2 is 2.14 bits per heavy atom. The van der Waals surface area contributed by atoms with Crippen LogP contribution in [0.2, 0.25) is 0 Å². The number of rotatable bonds is 3. The van der Waals surface area contributed by atoms with Crippen molar-refractivity contribution in [2.24, 2.45) is 0 Å². The number of nitrogens with zero attached hydrogens (tertiary/aromatic N) is 2. The molecule has 2 aliphatic rings. The number of hydrogen-bond donors (Lipinski definition) is 1. The number of carbonyl (C=O) groups excluding carboxylic acids is 1. The summed E-state index contributed by atoms with van der Waals surface area (Å²) in [6, 6.07) is 9.01. The van der Waals surface area contributed by atoms with Crippen molar-refractivity contribution in [1.29, 1.82) is 0 Å². The number of aliphatic hydroxyl groups excluding tert-OH is 1. The van der Waals surface area contributed by atoms with Gasteiger partial charge in [-0.2, -0.15) is 0 Å². The van der Waals surface area contributed by atoms with Gasteiger partial charge in [-0.15, -0.1) is 0 Å². The van der Waals surface area contributed by atoms with Gasteiger partial charge in [0.1, 0.15) is 0 Å². The zero-order valence-electron chi connectivity index (χ0n) is 13.4. The van der Waals surface area contributed by atoms with E-state index in [0.717, 1.165) is 38.8 Å². The number of hydrogen-bond acceptors (Lipinski definition) is 3. The Morgan fingerprint density at radius 1 is 1.32 bits per heavy atom. The number of fused-ring (bicyclic) bond motifs is 1. The fourth-order valence-electron chi connectivity index (χ4n) is 3.66. The van der Waals surface area contributed by atoms with Crippen LogP contribution in [0.5, 0.6) is 0 Å². The number of piperidine rings is 1. The normalized spacial score (nSPS) is 25.0. The first-order valence-corrected chi connectivity index (χ1v) is 8.45. The minimum atomic E-state index is -0.340. The minimum Gasteiger partial charge on any atom is -0.391 e. The lowest BCUT2D eigenvalue weighted by Crippen LogP contribution is -2.44. The molecule has 1 fully saturated rings. The number of aliphatic hydroxyl groups is 1. The number of anilines is 1. The first-order valence-electron chi connectivity index (χ1n) is 8.45. The summed E-state index contributed by atoms with van der Waals surface area (Å²) in [5.74, 6) is 0.175. The lowest BCUT2D eigenvalue weighted by atomic mass is 9.96. The smallest absolute Gasteiger partial charge is 0.224 e. The molecule has 1 N–H and O–H groups in total. The Kier molecular flexibility index (Phi) is 4.67. The number of amides is 1. The molecule has 1 amide bonds. The fraction of sp³-hybridized carbons (Fsp3) is 0.611. The largest absolute Gasteiger partial charge is 0.391 e. The van der Waals surface area contributed by atoms with Gasteiger partial charge in [-0.3, -0.25) is 4.79 Å². The molecule has 1 aromatic rings. The van der Waals surface area contributed by atoms with Crippen LogP contribution in [-0.4, -0.2) is 47.7 Å². The van der Waals surface area contributed by atoms with E-state index < -0.39 is 0 Å². The van der Waals surface area contributed by atoms with Crippen molar-refractivity contribution in [2.75, 3.05) is 24.5 Å². The second-order valence-electron chi connectivity index (χ2n) is 6.60. The zero-order valence-corrected chi connectivity index (χ0v) is 13.4. The molecule has 1 aromatic carbocycles. The van der Waals surface area contributed by atoms with E-state index in [-0.39, 0.29) is 12.0 Å². The van der Waals surface area contributed by atoms with E-state index in [1.54, 1.807) is 0 Å². The Hall–Kier alpha value is -1.55. The highest BCUT2D eigenvalue weighted by molar-refractivity contribution is 5.77. The fourth-order valence-corrected chi connectivity index (χ4v) is 3.66. The number of β-amino-alcohol motifs (C(OH)–C–C–N with tert-alkyl or cyclic N) is 1. The molecule has 0 saturated carbocycles. The average Bonchev–Trinajstić information content (AvgIpc) is 2.53. The second-order valence-corrected chi connectivity index (χ2v) is 6.60. The molecule has 2 atom stereocenters. The lowest BCUT2D eigenvalue weighted by molar-refractivity contribution is -0.134. The third-order valence-electron chi connectivity index (χ3n) is 4.98. The average molecular weight is 302 g/mol. The van der Waals surface area contributed by atoms with E-state index in [4.69, 9.17) is 0 Å². The third-order valence-corrected chi connectivity index (χ3v) is 4.98. The molecule has 22 heavy (non-hydrogen) atoms. The van der Waals surface area contributed by atoms with Gasteiger partial charge >= 0.3 is 0 Å². The van der Waals surface area contributed by atoms with Crippen LogP contribution in [0.15, 0.2) is 24.3 Å². The van der Waals surface area contributed by atoms with Crippen LogP contribution in [0.1, 0.15) is 38.2 Å². The van der Waals surface area contributed by atoms with Crippen LogP contribution in [-0.2, 0) is 11.2 Å². The van der Waals surface area contributed by atoms with Gasteiger partial charge in [0.2, 0.25) is 5.91 Å². The number of likely N-dealkylation sites (tertiary alicyclic amines) is 1. The highest BCUT2D eigenvalue weighted by Crippen LogP contribution is 2.30. The van der Waals surface area contributed by atoms with Gasteiger partial charge in [0, 0.05) is 37.8 Å². The van der Waals surface area contributed by atoms with Crippen LogP contribution in [0, 0.1) is 0 Å². The van der Waals surface area contributed by atoms with Gasteiger partial charge in [-0.05, 0) is 44.2 Å². The molecule has 1 saturated heterocycles. The molecule has 4 nitrogen and oxygen atoms in total. The molecule has 0 unspecified atom stereocenters. The molecule has 120 valence electrons. The van der Waals surface area contributed by atoms with E-state index in [0.29, 0.717) is 19.0 Å². The van der Waals surface area contributed by atoms with Crippen molar-refractivity contribution in [3.05, 3.63) is 29.8 Å². The van der Waals surface area contributed by atoms with E-state index in [1.807, 2.05) is 4.90 Å². The van der Waals surface area contributed by atoms with Gasteiger partial charge in [0.15, 0.2) is 0 Å². The summed E-state index contributed by atoms with van der Waals surface area (Å²) in [6.07, 6.45) is 4.20. The highest BCUT2D eigenvalue weighted by Gasteiger charge is 2.25. The topological polar surface area (TPSA) is 43.8 Å². The number of para-hydroxylation sites is 1. The molecule has 0 aliphatic carbocycles. The Labute approximate surface area is 132 Å². The van der Waals surface area contributed by atoms with Crippen LogP contribution in [0.3, 0.4) is 0 Å². The number of carbonyl (C=O) groups is 1. The predicted octanol–water partition coefficient (Wildman–Crippen LogP) is 2.20. The second kappa shape index (κ2) is 6.69. The van der Waals surface area contributed by atoms with Crippen LogP contribution in [0.4, 0.5) is 5.69 Å². The van der Waals surface area contributed by atoms with Crippen molar-refractivity contribution >= 4 is 11.6 Å². The zero-order chi connectivity index (χ0) is 15.5. The Bertz CT molecular complexity index is 532. The maximum atomic E-state index is 12.4. The summed E-state index contributed by atoms with van der Waals surface area (Å²) < 4.78 is 0. The van der Waals surface area contributed by atoms with Crippen molar-refractivity contribution in [2.45, 2.75) is 51.2 Å². The number of benzene rings is 1. The summed E-state index contributed by atoms with van der Waals surface area (Å²) in [6.45, 7) is 4.31. The van der Waals surface area contributed by atoms with Crippen LogP contribution >= 0.6 is 0 Å². The van der Waals surface area contributed by atoms with Crippen molar-refractivity contribution < 1.29 is 9.90 Å². The molecule has 3 rings (SSSR count). The molecule has 0 spiro atoms. The van der Waals surface area contributed by atoms with Gasteiger partial charge in [-0.25, -0.2) is 0 Å². The molecule has 4 heteroatoms. The summed E-state index contributed by atoms with van der Waals surface area (Å²) >= 11 is 0. The standard InChI is InChI=1S/C18H26N2O2/c1-14-8-9-15-5-2-3-7-17(15)20(14)12-10-18(22)19-11-4-6-16(21)13-19/h2-3,5,7,14,16,21H,4,6,8-13H2,1H3/t14-,16-/m0/s1. The first-order chi connectivity index (χ1) is 10.6. The minimum absolute atomic E-state index is 0.175. The summed E-state index contributed by atoms with van der Waals surface area (Å²) in [7, 11) is 0. The maximum absolute atomic E-state index is 12.4. The highest BCUT2D eigenvalue weighted by atomic mass is 16.3. The van der Waals surface area contributed by atoms with Crippen LogP contribution < -0.4 is 4.90 Å². The summed E-state index contributed by atoms with van der Waals surface area (Å²) in [5.41, 5.74) is 2.68. The number of aryl methyl sites for hydroxylation is 1. The molecule has 0 bridgehead atoms. The van der Waals surface area contributed by atoms with Gasteiger partial charge in [0.05, 0.1) is 6.10 Å². The maximum Gasteiger partial charge on any atom is 0.224 e.